The first-order valence-electron chi connectivity index (χ1n) is 9.37. The van der Waals surface area contributed by atoms with E-state index < -0.39 is 40.7 Å². The van der Waals surface area contributed by atoms with Gasteiger partial charge in [-0.15, -0.1) is 0 Å². The summed E-state index contributed by atoms with van der Waals surface area (Å²) in [7, 11) is 0. The summed E-state index contributed by atoms with van der Waals surface area (Å²) >= 11 is 6.25. The van der Waals surface area contributed by atoms with E-state index in [1.807, 2.05) is 19.9 Å². The van der Waals surface area contributed by atoms with Crippen molar-refractivity contribution < 1.29 is 33.6 Å². The van der Waals surface area contributed by atoms with Gasteiger partial charge in [-0.2, -0.15) is 0 Å². The number of ether oxygens (including phenoxy) is 4. The minimum absolute atomic E-state index is 0.0275. The van der Waals surface area contributed by atoms with Crippen molar-refractivity contribution in [2.45, 2.75) is 56.7 Å². The molecule has 9 heteroatoms. The first-order valence-corrected chi connectivity index (χ1v) is 11.6. The van der Waals surface area contributed by atoms with Gasteiger partial charge in [0, 0.05) is 5.41 Å². The van der Waals surface area contributed by atoms with Gasteiger partial charge in [0.1, 0.15) is 41.2 Å². The molecular formula is C19H24Br2O7. The standard InChI is InChI=1S/C19H24Br2O7/c1-10-3-4-18(8-25-12(22)6-20)11(5-10)27-16-14(24)15(28-13(23)7-21)17(18,2)19(16)9-26-19/h5,11,14-16,24H,3-4,6-9H2,1-2H3/t11-,14-,15-,16-,17-,18-,19+/m1/s1. The second-order valence-electron chi connectivity index (χ2n) is 8.36. The number of esters is 2. The van der Waals surface area contributed by atoms with E-state index in [2.05, 4.69) is 31.9 Å². The van der Waals surface area contributed by atoms with Crippen LogP contribution in [-0.2, 0) is 28.5 Å². The number of aliphatic hydroxyl groups excluding tert-OH is 1. The highest BCUT2D eigenvalue weighted by molar-refractivity contribution is 9.09. The number of alkyl halides is 2. The van der Waals surface area contributed by atoms with Gasteiger partial charge in [-0.05, 0) is 19.8 Å². The van der Waals surface area contributed by atoms with Crippen molar-refractivity contribution in [3.63, 3.8) is 0 Å². The number of epoxide rings is 1. The third-order valence-electron chi connectivity index (χ3n) is 7.22. The van der Waals surface area contributed by atoms with Gasteiger partial charge in [0.15, 0.2) is 0 Å². The summed E-state index contributed by atoms with van der Waals surface area (Å²) in [6, 6.07) is 0. The van der Waals surface area contributed by atoms with Crippen LogP contribution in [0.5, 0.6) is 0 Å². The van der Waals surface area contributed by atoms with Crippen molar-refractivity contribution in [1.82, 2.24) is 0 Å². The zero-order valence-corrected chi connectivity index (χ0v) is 19.0. The molecule has 4 rings (SSSR count). The van der Waals surface area contributed by atoms with Crippen LogP contribution in [0.15, 0.2) is 11.6 Å². The fourth-order valence-corrected chi connectivity index (χ4v) is 5.90. The minimum atomic E-state index is -1.02. The fourth-order valence-electron chi connectivity index (χ4n) is 5.61. The summed E-state index contributed by atoms with van der Waals surface area (Å²) in [5, 5.41) is 11.2. The molecule has 0 amide bonds. The Hall–Kier alpha value is -0.480. The van der Waals surface area contributed by atoms with Gasteiger partial charge in [0.2, 0.25) is 0 Å². The molecule has 2 aliphatic carbocycles. The molecule has 28 heavy (non-hydrogen) atoms. The quantitative estimate of drug-likeness (QED) is 0.254. The van der Waals surface area contributed by atoms with Crippen LogP contribution >= 0.6 is 31.9 Å². The number of halogens is 2. The van der Waals surface area contributed by atoms with Gasteiger partial charge in [0.25, 0.3) is 0 Å². The lowest BCUT2D eigenvalue weighted by Gasteiger charge is -2.58. The second-order valence-corrected chi connectivity index (χ2v) is 9.48. The summed E-state index contributed by atoms with van der Waals surface area (Å²) in [5.41, 5.74) is -1.01. The molecule has 0 unspecified atom stereocenters. The van der Waals surface area contributed by atoms with Gasteiger partial charge >= 0.3 is 11.9 Å². The van der Waals surface area contributed by atoms with E-state index in [0.717, 1.165) is 6.42 Å². The fraction of sp³-hybridized carbons (Fsp3) is 0.789. The van der Waals surface area contributed by atoms with E-state index in [9.17, 15) is 14.7 Å². The molecular weight excluding hydrogens is 500 g/mol. The number of fused-ring (bicyclic) bond motifs is 2. The molecule has 2 aliphatic heterocycles. The summed E-state index contributed by atoms with van der Waals surface area (Å²) < 4.78 is 23.6. The Morgan fingerprint density at radius 3 is 2.61 bits per heavy atom. The maximum atomic E-state index is 12.1. The Balaban J connectivity index is 1.81. The third-order valence-corrected chi connectivity index (χ3v) is 8.14. The van der Waals surface area contributed by atoms with E-state index in [1.165, 1.54) is 5.57 Å². The Labute approximate surface area is 180 Å². The topological polar surface area (TPSA) is 94.6 Å². The van der Waals surface area contributed by atoms with Gasteiger partial charge in [0.05, 0.1) is 18.1 Å². The molecule has 7 atom stereocenters. The summed E-state index contributed by atoms with van der Waals surface area (Å²) in [6.07, 6.45) is 0.737. The highest BCUT2D eigenvalue weighted by atomic mass is 79.9. The molecule has 2 heterocycles. The van der Waals surface area contributed by atoms with Crippen LogP contribution < -0.4 is 0 Å². The SMILES string of the molecule is CC1=C[C@H]2O[C@@H]3[C@H](O)[C@@H](OC(=O)CBr)[C@](C)([C@@]2(COC(=O)CBr)CC1)[C@]31CO1. The highest BCUT2D eigenvalue weighted by Crippen LogP contribution is 2.72. The second kappa shape index (κ2) is 7.04. The van der Waals surface area contributed by atoms with Crippen LogP contribution in [-0.4, -0.2) is 70.9 Å². The van der Waals surface area contributed by atoms with Crippen molar-refractivity contribution in [2.24, 2.45) is 10.8 Å². The molecule has 3 fully saturated rings. The van der Waals surface area contributed by atoms with Crippen LogP contribution in [0.25, 0.3) is 0 Å². The predicted octanol–water partition coefficient (Wildman–Crippen LogP) is 1.87. The lowest BCUT2D eigenvalue weighted by Crippen LogP contribution is -2.66. The Bertz CT molecular complexity index is 721. The van der Waals surface area contributed by atoms with E-state index in [1.54, 1.807) is 0 Å². The molecule has 7 nitrogen and oxygen atoms in total. The first-order chi connectivity index (χ1) is 13.3. The zero-order chi connectivity index (χ0) is 20.3. The average Bonchev–Trinajstić information content (AvgIpc) is 3.47. The minimum Gasteiger partial charge on any atom is -0.464 e. The molecule has 1 spiro atoms. The number of carbonyl (C=O) groups is 2. The van der Waals surface area contributed by atoms with Gasteiger partial charge < -0.3 is 24.1 Å². The van der Waals surface area contributed by atoms with Crippen LogP contribution in [0.3, 0.4) is 0 Å². The largest absolute Gasteiger partial charge is 0.464 e. The summed E-state index contributed by atoms with van der Waals surface area (Å²) in [6.45, 7) is 4.55. The third kappa shape index (κ3) is 2.62. The highest BCUT2D eigenvalue weighted by Gasteiger charge is 2.85. The Kier molecular flexibility index (Phi) is 5.23. The van der Waals surface area contributed by atoms with Crippen molar-refractivity contribution in [1.29, 1.82) is 0 Å². The monoisotopic (exact) mass is 522 g/mol. The molecule has 1 saturated carbocycles. The van der Waals surface area contributed by atoms with Crippen LogP contribution in [0.2, 0.25) is 0 Å². The number of carbonyl (C=O) groups excluding carboxylic acids is 2. The molecule has 156 valence electrons. The van der Waals surface area contributed by atoms with Crippen LogP contribution in [0.1, 0.15) is 26.7 Å². The van der Waals surface area contributed by atoms with Crippen molar-refractivity contribution >= 4 is 43.8 Å². The smallest absolute Gasteiger partial charge is 0.316 e. The Morgan fingerprint density at radius 2 is 2.00 bits per heavy atom. The predicted molar refractivity (Wildman–Crippen MR) is 105 cm³/mol. The number of aliphatic hydroxyl groups is 1. The summed E-state index contributed by atoms with van der Waals surface area (Å²) in [4.78, 5) is 24.1. The Morgan fingerprint density at radius 1 is 1.32 bits per heavy atom. The molecule has 0 aromatic carbocycles. The molecule has 2 bridgehead atoms. The maximum absolute atomic E-state index is 12.1. The van der Waals surface area contributed by atoms with E-state index in [-0.39, 0.29) is 29.3 Å². The van der Waals surface area contributed by atoms with Crippen molar-refractivity contribution in [3.8, 4) is 0 Å². The lowest BCUT2D eigenvalue weighted by atomic mass is 9.51. The maximum Gasteiger partial charge on any atom is 0.316 e. The lowest BCUT2D eigenvalue weighted by molar-refractivity contribution is -0.233. The molecule has 0 aromatic heterocycles. The number of allylic oxidation sites excluding steroid dienone is 1. The molecule has 0 aromatic rings. The number of rotatable bonds is 5. The van der Waals surface area contributed by atoms with Crippen molar-refractivity contribution in [2.75, 3.05) is 23.9 Å². The average molecular weight is 524 g/mol. The van der Waals surface area contributed by atoms with Gasteiger partial charge in [-0.1, -0.05) is 50.4 Å². The molecule has 0 radical (unpaired) electrons. The van der Waals surface area contributed by atoms with Gasteiger partial charge in [-0.3, -0.25) is 9.59 Å². The zero-order valence-electron chi connectivity index (χ0n) is 15.8. The van der Waals surface area contributed by atoms with Gasteiger partial charge in [-0.25, -0.2) is 0 Å². The molecule has 4 aliphatic rings. The normalized spacial score (nSPS) is 46.0. The van der Waals surface area contributed by atoms with E-state index in [4.69, 9.17) is 18.9 Å². The molecule has 2 saturated heterocycles. The van der Waals surface area contributed by atoms with E-state index in [0.29, 0.717) is 13.0 Å². The first kappa shape index (κ1) is 20.8. The number of hydrogen-bond donors (Lipinski definition) is 1. The van der Waals surface area contributed by atoms with E-state index >= 15 is 0 Å². The van der Waals surface area contributed by atoms with Crippen molar-refractivity contribution in [3.05, 3.63) is 11.6 Å². The molecule has 1 N–H and O–H groups in total. The van der Waals surface area contributed by atoms with Crippen LogP contribution in [0.4, 0.5) is 0 Å². The number of hydrogen-bond acceptors (Lipinski definition) is 7. The summed E-state index contributed by atoms with van der Waals surface area (Å²) in [5.74, 6) is -0.830. The van der Waals surface area contributed by atoms with Crippen LogP contribution in [0, 0.1) is 10.8 Å².